The first-order valence-electron chi connectivity index (χ1n) is 4.15. The number of nitrogens with zero attached hydrogens (tertiary/aromatic N) is 1. The Balaban J connectivity index is 3.40. The van der Waals surface area contributed by atoms with Gasteiger partial charge in [-0.15, -0.1) is 0 Å². The molecule has 0 aromatic carbocycles. The van der Waals surface area contributed by atoms with E-state index in [1.165, 1.54) is 0 Å². The van der Waals surface area contributed by atoms with Crippen molar-refractivity contribution >= 4 is 20.0 Å². The van der Waals surface area contributed by atoms with E-state index < -0.39 is 40.8 Å². The van der Waals surface area contributed by atoms with Crippen molar-refractivity contribution in [3.05, 3.63) is 0 Å². The number of rotatable bonds is 3. The lowest BCUT2D eigenvalue weighted by atomic mass is 10.8. The van der Waals surface area contributed by atoms with Crippen LogP contribution in [0.4, 0.5) is 26.3 Å². The molecule has 0 aliphatic heterocycles. The molecule has 0 atom stereocenters. The average molecular weight is 321 g/mol. The summed E-state index contributed by atoms with van der Waals surface area (Å²) in [6.45, 7) is 0. The smallest absolute Gasteiger partial charge is 0.202 e. The summed E-state index contributed by atoms with van der Waals surface area (Å²) in [6.07, 6.45) is -0.769. The highest BCUT2D eigenvalue weighted by molar-refractivity contribution is 8.04. The highest BCUT2D eigenvalue weighted by Crippen LogP contribution is 2.42. The Morgan fingerprint density at radius 1 is 0.778 bits per heavy atom. The average Bonchev–Trinajstić information content (AvgIpc) is 2.82. The molecule has 1 rings (SSSR count). The van der Waals surface area contributed by atoms with E-state index in [4.69, 9.17) is 0 Å². The van der Waals surface area contributed by atoms with Crippen LogP contribution in [0.1, 0.15) is 12.8 Å². The van der Waals surface area contributed by atoms with Gasteiger partial charge >= 0.3 is 31.1 Å². The van der Waals surface area contributed by atoms with Gasteiger partial charge in [0.15, 0.2) is 0 Å². The van der Waals surface area contributed by atoms with Crippen molar-refractivity contribution in [2.45, 2.75) is 29.9 Å². The zero-order valence-electron chi connectivity index (χ0n) is 8.16. The topological polar surface area (TPSA) is 71.5 Å². The van der Waals surface area contributed by atoms with Gasteiger partial charge < -0.3 is 0 Å². The van der Waals surface area contributed by atoms with E-state index >= 15 is 0 Å². The Morgan fingerprint density at radius 2 is 1.06 bits per heavy atom. The third-order valence-corrected chi connectivity index (χ3v) is 5.80. The van der Waals surface area contributed by atoms with Gasteiger partial charge in [0.2, 0.25) is 0 Å². The number of alkyl halides is 6. The predicted molar refractivity (Wildman–Crippen MR) is 44.8 cm³/mol. The molecule has 13 heteroatoms. The lowest BCUT2D eigenvalue weighted by Gasteiger charge is -2.23. The summed E-state index contributed by atoms with van der Waals surface area (Å²) in [5, 5.41) is 0. The molecule has 0 amide bonds. The minimum Gasteiger partial charge on any atom is -0.202 e. The van der Waals surface area contributed by atoms with Crippen molar-refractivity contribution < 1.29 is 43.2 Å². The molecule has 1 aliphatic rings. The fourth-order valence-electron chi connectivity index (χ4n) is 1.01. The molecule has 0 unspecified atom stereocenters. The molecule has 0 saturated heterocycles. The van der Waals surface area contributed by atoms with Gasteiger partial charge in [-0.3, -0.25) is 0 Å². The van der Waals surface area contributed by atoms with Crippen LogP contribution >= 0.6 is 0 Å². The summed E-state index contributed by atoms with van der Waals surface area (Å²) < 4.78 is 115. The summed E-state index contributed by atoms with van der Waals surface area (Å²) in [4.78, 5) is 0. The molecule has 1 aliphatic carbocycles. The van der Waals surface area contributed by atoms with Crippen LogP contribution in [0.25, 0.3) is 0 Å². The van der Waals surface area contributed by atoms with Gasteiger partial charge in [-0.1, -0.05) is 3.71 Å². The first kappa shape index (κ1) is 15.5. The molecule has 1 saturated carbocycles. The summed E-state index contributed by atoms with van der Waals surface area (Å²) >= 11 is 0. The SMILES string of the molecule is O=S(=O)(N(C1CC1)S(=O)(=O)C(F)(F)F)C(F)(F)F. The van der Waals surface area contributed by atoms with E-state index in [0.717, 1.165) is 0 Å². The molecular weight excluding hydrogens is 316 g/mol. The van der Waals surface area contributed by atoms with Gasteiger partial charge in [-0.25, -0.2) is 16.8 Å². The maximum atomic E-state index is 12.1. The van der Waals surface area contributed by atoms with Crippen LogP contribution in [0, 0.1) is 0 Å². The van der Waals surface area contributed by atoms with E-state index in [0.29, 0.717) is 0 Å². The summed E-state index contributed by atoms with van der Waals surface area (Å²) in [5.41, 5.74) is -12.2. The molecule has 0 radical (unpaired) electrons. The second-order valence-electron chi connectivity index (χ2n) is 3.36. The Kier molecular flexibility index (Phi) is 3.41. The molecular formula is C5H5F6NO4S2. The Labute approximate surface area is 97.5 Å². The fourth-order valence-corrected chi connectivity index (χ4v) is 4.17. The van der Waals surface area contributed by atoms with Crippen molar-refractivity contribution in [1.29, 1.82) is 0 Å². The second-order valence-corrected chi connectivity index (χ2v) is 7.20. The van der Waals surface area contributed by atoms with Crippen molar-refractivity contribution in [2.24, 2.45) is 0 Å². The summed E-state index contributed by atoms with van der Waals surface area (Å²) in [7, 11) is -13.2. The Morgan fingerprint density at radius 3 is 1.22 bits per heavy atom. The van der Waals surface area contributed by atoms with Gasteiger partial charge in [-0.2, -0.15) is 26.3 Å². The number of halogens is 6. The summed E-state index contributed by atoms with van der Waals surface area (Å²) in [5.74, 6) is 0. The van der Waals surface area contributed by atoms with Gasteiger partial charge in [0, 0.05) is 6.04 Å². The van der Waals surface area contributed by atoms with Gasteiger partial charge in [0.25, 0.3) is 0 Å². The van der Waals surface area contributed by atoms with E-state index in [1.54, 1.807) is 0 Å². The van der Waals surface area contributed by atoms with Crippen LogP contribution in [-0.2, 0) is 20.0 Å². The lowest BCUT2D eigenvalue weighted by molar-refractivity contribution is -0.0534. The largest absolute Gasteiger partial charge is 0.512 e. The molecule has 18 heavy (non-hydrogen) atoms. The molecule has 0 heterocycles. The lowest BCUT2D eigenvalue weighted by Crippen LogP contribution is -2.50. The van der Waals surface area contributed by atoms with E-state index in [9.17, 15) is 43.2 Å². The van der Waals surface area contributed by atoms with Crippen molar-refractivity contribution in [2.75, 3.05) is 0 Å². The third-order valence-electron chi connectivity index (χ3n) is 1.90. The molecule has 0 N–H and O–H groups in total. The quantitative estimate of drug-likeness (QED) is 0.731. The van der Waals surface area contributed by atoms with E-state index in [2.05, 4.69) is 0 Å². The maximum absolute atomic E-state index is 12.1. The number of hydrogen-bond acceptors (Lipinski definition) is 4. The van der Waals surface area contributed by atoms with Crippen molar-refractivity contribution in [1.82, 2.24) is 3.71 Å². The van der Waals surface area contributed by atoms with Gasteiger partial charge in [0.05, 0.1) is 0 Å². The van der Waals surface area contributed by atoms with Crippen LogP contribution in [0.3, 0.4) is 0 Å². The maximum Gasteiger partial charge on any atom is 0.512 e. The first-order chi connectivity index (χ1) is 7.73. The highest BCUT2D eigenvalue weighted by atomic mass is 32.3. The third kappa shape index (κ3) is 2.42. The summed E-state index contributed by atoms with van der Waals surface area (Å²) in [6, 6.07) is -1.83. The van der Waals surface area contributed by atoms with Crippen LogP contribution in [0.5, 0.6) is 0 Å². The monoisotopic (exact) mass is 321 g/mol. The van der Waals surface area contributed by atoms with Gasteiger partial charge in [-0.05, 0) is 12.8 Å². The molecule has 0 bridgehead atoms. The molecule has 0 aromatic heterocycles. The van der Waals surface area contributed by atoms with Crippen molar-refractivity contribution in [3.8, 4) is 0 Å². The molecule has 5 nitrogen and oxygen atoms in total. The minimum atomic E-state index is -6.59. The predicted octanol–water partition coefficient (Wildman–Crippen LogP) is 1.15. The normalized spacial score (nSPS) is 19.3. The zero-order valence-corrected chi connectivity index (χ0v) is 9.79. The zero-order chi connectivity index (χ0) is 14.6. The molecule has 0 aromatic rings. The minimum absolute atomic E-state index is 0.384. The van der Waals surface area contributed by atoms with Gasteiger partial charge in [0.1, 0.15) is 0 Å². The first-order valence-corrected chi connectivity index (χ1v) is 7.03. The van der Waals surface area contributed by atoms with Crippen molar-refractivity contribution in [3.63, 3.8) is 0 Å². The van der Waals surface area contributed by atoms with Crippen LogP contribution < -0.4 is 0 Å². The Hall–Kier alpha value is -0.560. The molecule has 1 fully saturated rings. The second kappa shape index (κ2) is 3.96. The standard InChI is InChI=1S/C5H5F6NO4S2/c6-4(7,8)17(13,14)12(3-1-2-3)18(15,16)5(9,10)11/h3H,1-2H2. The van der Waals surface area contributed by atoms with Crippen LogP contribution in [0.2, 0.25) is 0 Å². The van der Waals surface area contributed by atoms with Crippen LogP contribution in [-0.4, -0.2) is 37.6 Å². The number of hydrogen-bond donors (Lipinski definition) is 0. The highest BCUT2D eigenvalue weighted by Gasteiger charge is 2.65. The number of sulfonamides is 2. The van der Waals surface area contributed by atoms with E-state index in [1.807, 2.05) is 0 Å². The molecule has 108 valence electrons. The van der Waals surface area contributed by atoms with Crippen LogP contribution in [0.15, 0.2) is 0 Å². The molecule has 0 spiro atoms. The fraction of sp³-hybridized carbons (Fsp3) is 1.00. The Bertz CT molecular complexity index is 483. The van der Waals surface area contributed by atoms with E-state index in [-0.39, 0.29) is 12.8 Å².